The third-order valence-electron chi connectivity index (χ3n) is 3.71. The van der Waals surface area contributed by atoms with Gasteiger partial charge in [0.25, 0.3) is 0 Å². The third kappa shape index (κ3) is 4.27. The highest BCUT2D eigenvalue weighted by molar-refractivity contribution is 7.89. The van der Waals surface area contributed by atoms with Crippen LogP contribution in [0.2, 0.25) is 0 Å². The summed E-state index contributed by atoms with van der Waals surface area (Å²) in [5.41, 5.74) is -0.399. The van der Waals surface area contributed by atoms with E-state index in [4.69, 9.17) is 0 Å². The van der Waals surface area contributed by atoms with Crippen molar-refractivity contribution in [2.45, 2.75) is 38.2 Å². The van der Waals surface area contributed by atoms with Crippen LogP contribution in [0.4, 0.5) is 0 Å². The Balaban J connectivity index is 1.90. The molecule has 0 radical (unpaired) electrons. The molecule has 1 aromatic heterocycles. The fourth-order valence-electron chi connectivity index (χ4n) is 2.47. The molecule has 1 aromatic rings. The van der Waals surface area contributed by atoms with Crippen molar-refractivity contribution >= 4 is 21.4 Å². The summed E-state index contributed by atoms with van der Waals surface area (Å²) in [6, 6.07) is 1.82. The standard InChI is InChI=1S/C13H21NO3S2/c1-13(15,12-6-7-18-8-12)10-14-19(16,17)9-11-4-2-3-5-11/h6-8,11,14-15H,2-5,9-10H2,1H3. The first-order chi connectivity index (χ1) is 8.89. The Bertz CT molecular complexity index is 488. The summed E-state index contributed by atoms with van der Waals surface area (Å²) in [7, 11) is -3.30. The quantitative estimate of drug-likeness (QED) is 0.845. The topological polar surface area (TPSA) is 66.4 Å². The van der Waals surface area contributed by atoms with Gasteiger partial charge in [0.15, 0.2) is 0 Å². The molecule has 2 rings (SSSR count). The van der Waals surface area contributed by atoms with Crippen molar-refractivity contribution < 1.29 is 13.5 Å². The van der Waals surface area contributed by atoms with Gasteiger partial charge in [-0.15, -0.1) is 0 Å². The zero-order valence-corrected chi connectivity index (χ0v) is 12.8. The summed E-state index contributed by atoms with van der Waals surface area (Å²) in [5, 5.41) is 14.0. The highest BCUT2D eigenvalue weighted by Crippen LogP contribution is 2.26. The first-order valence-corrected chi connectivity index (χ1v) is 9.21. The van der Waals surface area contributed by atoms with Crippen molar-refractivity contribution in [1.29, 1.82) is 0 Å². The Labute approximate surface area is 118 Å². The lowest BCUT2D eigenvalue weighted by Crippen LogP contribution is -2.40. The van der Waals surface area contributed by atoms with E-state index in [1.54, 1.807) is 6.92 Å². The molecule has 0 bridgehead atoms. The van der Waals surface area contributed by atoms with Gasteiger partial charge in [0, 0.05) is 6.54 Å². The van der Waals surface area contributed by atoms with Crippen LogP contribution in [0, 0.1) is 5.92 Å². The van der Waals surface area contributed by atoms with Gasteiger partial charge in [-0.1, -0.05) is 12.8 Å². The minimum absolute atomic E-state index is 0.0266. The molecule has 1 fully saturated rings. The van der Waals surface area contributed by atoms with E-state index >= 15 is 0 Å². The van der Waals surface area contributed by atoms with E-state index in [-0.39, 0.29) is 18.2 Å². The van der Waals surface area contributed by atoms with Crippen molar-refractivity contribution in [3.8, 4) is 0 Å². The Morgan fingerprint density at radius 3 is 2.74 bits per heavy atom. The largest absolute Gasteiger partial charge is 0.384 e. The normalized spacial score (nSPS) is 20.5. The molecule has 1 saturated carbocycles. The van der Waals surface area contributed by atoms with Crippen molar-refractivity contribution in [3.63, 3.8) is 0 Å². The molecular formula is C13H21NO3S2. The first kappa shape index (κ1) is 15.0. The molecule has 108 valence electrons. The second kappa shape index (κ2) is 5.91. The third-order valence-corrected chi connectivity index (χ3v) is 5.89. The van der Waals surface area contributed by atoms with Crippen LogP contribution < -0.4 is 4.72 Å². The fraction of sp³-hybridized carbons (Fsp3) is 0.692. The van der Waals surface area contributed by atoms with Crippen LogP contribution in [-0.4, -0.2) is 25.8 Å². The molecule has 0 aliphatic heterocycles. The van der Waals surface area contributed by atoms with Crippen molar-refractivity contribution in [2.24, 2.45) is 5.92 Å². The van der Waals surface area contributed by atoms with Gasteiger partial charge in [0.2, 0.25) is 10.0 Å². The van der Waals surface area contributed by atoms with Gasteiger partial charge >= 0.3 is 0 Å². The summed E-state index contributed by atoms with van der Waals surface area (Å²) in [4.78, 5) is 0. The van der Waals surface area contributed by atoms with Crippen molar-refractivity contribution in [3.05, 3.63) is 22.4 Å². The monoisotopic (exact) mass is 303 g/mol. The molecular weight excluding hydrogens is 282 g/mol. The molecule has 1 aliphatic carbocycles. The molecule has 19 heavy (non-hydrogen) atoms. The lowest BCUT2D eigenvalue weighted by atomic mass is 10.0. The van der Waals surface area contributed by atoms with E-state index in [2.05, 4.69) is 4.72 Å². The SMILES string of the molecule is CC(O)(CNS(=O)(=O)CC1CCCC1)c1ccsc1. The maximum atomic E-state index is 12.0. The van der Waals surface area contributed by atoms with Crippen molar-refractivity contribution in [1.82, 2.24) is 4.72 Å². The molecule has 2 N–H and O–H groups in total. The first-order valence-electron chi connectivity index (χ1n) is 6.61. The Morgan fingerprint density at radius 1 is 1.47 bits per heavy atom. The predicted octanol–water partition coefficient (Wildman–Crippen LogP) is 2.07. The van der Waals surface area contributed by atoms with Crippen LogP contribution in [0.1, 0.15) is 38.2 Å². The Hall–Kier alpha value is -0.430. The van der Waals surface area contributed by atoms with Crippen LogP contribution in [0.3, 0.4) is 0 Å². The minimum atomic E-state index is -3.30. The van der Waals surface area contributed by atoms with Crippen LogP contribution in [0.25, 0.3) is 0 Å². The van der Waals surface area contributed by atoms with E-state index in [0.29, 0.717) is 0 Å². The highest BCUT2D eigenvalue weighted by Gasteiger charge is 2.28. The molecule has 1 atom stereocenters. The molecule has 0 amide bonds. The summed E-state index contributed by atoms with van der Waals surface area (Å²) in [6.45, 7) is 1.66. The molecule has 1 aliphatic rings. The molecule has 4 nitrogen and oxygen atoms in total. The Kier molecular flexibility index (Phi) is 4.66. The van der Waals surface area contributed by atoms with Gasteiger partial charge < -0.3 is 5.11 Å². The zero-order valence-electron chi connectivity index (χ0n) is 11.1. The maximum absolute atomic E-state index is 12.0. The molecule has 1 heterocycles. The number of thiophene rings is 1. The average Bonchev–Trinajstić information content (AvgIpc) is 2.98. The van der Waals surface area contributed by atoms with Gasteiger partial charge in [-0.05, 0) is 48.1 Å². The number of hydrogen-bond acceptors (Lipinski definition) is 4. The van der Waals surface area contributed by atoms with Gasteiger partial charge in [-0.2, -0.15) is 11.3 Å². The van der Waals surface area contributed by atoms with E-state index < -0.39 is 15.6 Å². The lowest BCUT2D eigenvalue weighted by molar-refractivity contribution is 0.0632. The average molecular weight is 303 g/mol. The second-order valence-electron chi connectivity index (χ2n) is 5.54. The summed E-state index contributed by atoms with van der Waals surface area (Å²) in [5.74, 6) is 0.468. The van der Waals surface area contributed by atoms with Crippen LogP contribution in [0.15, 0.2) is 16.8 Å². The van der Waals surface area contributed by atoms with Crippen molar-refractivity contribution in [2.75, 3.05) is 12.3 Å². The number of nitrogens with one attached hydrogen (secondary N) is 1. The molecule has 0 saturated heterocycles. The molecule has 0 aromatic carbocycles. The fourth-order valence-corrected chi connectivity index (χ4v) is 4.83. The number of aliphatic hydroxyl groups is 1. The minimum Gasteiger partial charge on any atom is -0.384 e. The molecule has 6 heteroatoms. The molecule has 0 spiro atoms. The van der Waals surface area contributed by atoms with Crippen LogP contribution in [-0.2, 0) is 15.6 Å². The Morgan fingerprint density at radius 2 is 2.16 bits per heavy atom. The predicted molar refractivity (Wildman–Crippen MR) is 77.6 cm³/mol. The van der Waals surface area contributed by atoms with Crippen LogP contribution in [0.5, 0.6) is 0 Å². The number of sulfonamides is 1. The summed E-state index contributed by atoms with van der Waals surface area (Å²) >= 11 is 1.49. The highest BCUT2D eigenvalue weighted by atomic mass is 32.2. The molecule has 1 unspecified atom stereocenters. The lowest BCUT2D eigenvalue weighted by Gasteiger charge is -2.23. The van der Waals surface area contributed by atoms with E-state index in [0.717, 1.165) is 31.2 Å². The smallest absolute Gasteiger partial charge is 0.211 e. The van der Waals surface area contributed by atoms with Gasteiger partial charge in [-0.3, -0.25) is 0 Å². The van der Waals surface area contributed by atoms with E-state index in [9.17, 15) is 13.5 Å². The zero-order chi connectivity index (χ0) is 13.9. The maximum Gasteiger partial charge on any atom is 0.211 e. The second-order valence-corrected chi connectivity index (χ2v) is 8.17. The number of hydrogen-bond donors (Lipinski definition) is 2. The number of rotatable bonds is 6. The van der Waals surface area contributed by atoms with E-state index in [1.165, 1.54) is 11.3 Å². The van der Waals surface area contributed by atoms with Crippen LogP contribution >= 0.6 is 11.3 Å². The van der Waals surface area contributed by atoms with E-state index in [1.807, 2.05) is 16.8 Å². The van der Waals surface area contributed by atoms with Gasteiger partial charge in [-0.25, -0.2) is 13.1 Å². The summed E-state index contributed by atoms with van der Waals surface area (Å²) in [6.07, 6.45) is 4.27. The van der Waals surface area contributed by atoms with Gasteiger partial charge in [0.1, 0.15) is 5.60 Å². The van der Waals surface area contributed by atoms with Gasteiger partial charge in [0.05, 0.1) is 5.75 Å². The summed E-state index contributed by atoms with van der Waals surface area (Å²) < 4.78 is 26.5.